The van der Waals surface area contributed by atoms with E-state index in [1.54, 1.807) is 6.92 Å². The molecule has 2 N–H and O–H groups in total. The van der Waals surface area contributed by atoms with Crippen LogP contribution in [0.15, 0.2) is 4.99 Å². The Bertz CT molecular complexity index is 534. The lowest BCUT2D eigenvalue weighted by Crippen LogP contribution is -2.38. The van der Waals surface area contributed by atoms with E-state index in [0.717, 1.165) is 36.9 Å². The van der Waals surface area contributed by atoms with Crippen molar-refractivity contribution in [1.82, 2.24) is 15.6 Å². The molecule has 1 aromatic rings. The Morgan fingerprint density at radius 3 is 2.67 bits per heavy atom. The number of esters is 1. The first kappa shape index (κ1) is 23.1. The number of halogens is 1. The number of ether oxygens (including phenoxy) is 1. The molecule has 1 aromatic heterocycles. The molecule has 0 bridgehead atoms. The van der Waals surface area contributed by atoms with E-state index >= 15 is 0 Å². The van der Waals surface area contributed by atoms with Crippen LogP contribution in [0.25, 0.3) is 0 Å². The van der Waals surface area contributed by atoms with Crippen LogP contribution in [0.4, 0.5) is 0 Å². The highest BCUT2D eigenvalue weighted by Gasteiger charge is 2.19. The molecule has 8 heteroatoms. The molecule has 0 amide bonds. The smallest absolute Gasteiger partial charge is 0.350 e. The molecule has 0 aliphatic heterocycles. The summed E-state index contributed by atoms with van der Waals surface area (Å²) >= 11 is 1.37. The molecule has 0 fully saturated rings. The molecule has 0 radical (unpaired) electrons. The Hall–Kier alpha value is -0.900. The predicted octanol–water partition coefficient (Wildman–Crippen LogP) is 3.66. The van der Waals surface area contributed by atoms with E-state index in [2.05, 4.69) is 27.5 Å². The maximum Gasteiger partial charge on any atom is 0.350 e. The fourth-order valence-corrected chi connectivity index (χ4v) is 2.89. The van der Waals surface area contributed by atoms with E-state index in [1.807, 2.05) is 20.8 Å². The van der Waals surface area contributed by atoms with Gasteiger partial charge in [0.15, 0.2) is 5.96 Å². The highest BCUT2D eigenvalue weighted by molar-refractivity contribution is 14.0. The van der Waals surface area contributed by atoms with E-state index in [9.17, 15) is 4.79 Å². The van der Waals surface area contributed by atoms with E-state index < -0.39 is 0 Å². The molecule has 0 saturated heterocycles. The lowest BCUT2D eigenvalue weighted by Gasteiger charge is -2.15. The van der Waals surface area contributed by atoms with Crippen molar-refractivity contribution in [3.63, 3.8) is 0 Å². The molecule has 0 saturated carbocycles. The van der Waals surface area contributed by atoms with E-state index in [0.29, 0.717) is 17.2 Å². The number of hydrogen-bond acceptors (Lipinski definition) is 5. The molecular weight excluding hydrogens is 439 g/mol. The topological polar surface area (TPSA) is 75.6 Å². The molecule has 1 rings (SSSR count). The van der Waals surface area contributed by atoms with Crippen LogP contribution in [0, 0.1) is 6.92 Å². The first-order valence-electron chi connectivity index (χ1n) is 8.22. The van der Waals surface area contributed by atoms with Crippen molar-refractivity contribution in [2.24, 2.45) is 4.99 Å². The Morgan fingerprint density at radius 1 is 1.38 bits per heavy atom. The minimum Gasteiger partial charge on any atom is -0.462 e. The summed E-state index contributed by atoms with van der Waals surface area (Å²) in [4.78, 5) is 21.5. The zero-order valence-corrected chi connectivity index (χ0v) is 18.3. The summed E-state index contributed by atoms with van der Waals surface area (Å²) in [7, 11) is 0. The van der Waals surface area contributed by atoms with Crippen molar-refractivity contribution in [3.05, 3.63) is 15.6 Å². The van der Waals surface area contributed by atoms with Gasteiger partial charge in [-0.3, -0.25) is 4.99 Å². The quantitative estimate of drug-likeness (QED) is 0.200. The number of guanidine groups is 1. The molecular formula is C16H29IN4O2S. The van der Waals surface area contributed by atoms with Gasteiger partial charge in [0.05, 0.1) is 18.3 Å². The molecule has 6 nitrogen and oxygen atoms in total. The van der Waals surface area contributed by atoms with Crippen molar-refractivity contribution in [3.8, 4) is 0 Å². The Kier molecular flexibility index (Phi) is 12.0. The fourth-order valence-electron chi connectivity index (χ4n) is 1.92. The van der Waals surface area contributed by atoms with Crippen LogP contribution in [0.3, 0.4) is 0 Å². The first-order valence-corrected chi connectivity index (χ1v) is 9.04. The maximum absolute atomic E-state index is 11.9. The van der Waals surface area contributed by atoms with Gasteiger partial charge in [0.2, 0.25) is 0 Å². The van der Waals surface area contributed by atoms with Crippen LogP contribution in [-0.4, -0.2) is 36.6 Å². The summed E-state index contributed by atoms with van der Waals surface area (Å²) in [6.45, 7) is 11.8. The van der Waals surface area contributed by atoms with E-state index in [1.165, 1.54) is 11.3 Å². The molecule has 0 aromatic carbocycles. The Labute approximate surface area is 165 Å². The molecule has 138 valence electrons. The number of unbranched alkanes of at least 4 members (excludes halogenated alkanes) is 1. The summed E-state index contributed by atoms with van der Waals surface area (Å²) in [5.74, 6) is 0.475. The number of hydrogen-bond donors (Lipinski definition) is 2. The molecule has 24 heavy (non-hydrogen) atoms. The van der Waals surface area contributed by atoms with Gasteiger partial charge < -0.3 is 15.4 Å². The van der Waals surface area contributed by atoms with E-state index in [-0.39, 0.29) is 36.0 Å². The van der Waals surface area contributed by atoms with Crippen LogP contribution < -0.4 is 10.6 Å². The third-order valence-corrected chi connectivity index (χ3v) is 4.44. The van der Waals surface area contributed by atoms with Crippen LogP contribution in [0.5, 0.6) is 0 Å². The van der Waals surface area contributed by atoms with Gasteiger partial charge in [0.1, 0.15) is 9.88 Å². The number of nitrogens with zero attached hydrogens (tertiary/aromatic N) is 2. The van der Waals surface area contributed by atoms with Crippen molar-refractivity contribution in [2.75, 3.05) is 19.7 Å². The third-order valence-electron chi connectivity index (χ3n) is 3.12. The number of thiazole rings is 1. The SMILES string of the molecule is CCCCN=C(NCC)NC(C)c1nc(C)c(C(=O)OCC)s1.I. The van der Waals surface area contributed by atoms with Crippen molar-refractivity contribution >= 4 is 47.2 Å². The zero-order chi connectivity index (χ0) is 17.2. The number of carbonyl (C=O) groups excluding carboxylic acids is 1. The van der Waals surface area contributed by atoms with Gasteiger partial charge in [-0.15, -0.1) is 35.3 Å². The van der Waals surface area contributed by atoms with Gasteiger partial charge in [0, 0.05) is 13.1 Å². The second-order valence-electron chi connectivity index (χ2n) is 5.17. The van der Waals surface area contributed by atoms with Gasteiger partial charge in [-0.1, -0.05) is 13.3 Å². The Morgan fingerprint density at radius 2 is 2.08 bits per heavy atom. The minimum atomic E-state index is -0.301. The lowest BCUT2D eigenvalue weighted by molar-refractivity contribution is 0.0531. The summed E-state index contributed by atoms with van der Waals surface area (Å²) in [5.41, 5.74) is 0.713. The third kappa shape index (κ3) is 7.33. The molecule has 1 unspecified atom stereocenters. The molecule has 0 aliphatic carbocycles. The number of carbonyl (C=O) groups is 1. The Balaban J connectivity index is 0.00000529. The standard InChI is InChI=1S/C16H28N4O2S.HI/c1-6-9-10-18-16(17-7-2)20-12(5)14-19-11(4)13(23-14)15(21)22-8-3;/h12H,6-10H2,1-5H3,(H2,17,18,20);1H. The average molecular weight is 468 g/mol. The summed E-state index contributed by atoms with van der Waals surface area (Å²) < 4.78 is 5.06. The monoisotopic (exact) mass is 468 g/mol. The minimum absolute atomic E-state index is 0. The second kappa shape index (κ2) is 12.5. The molecule has 0 spiro atoms. The molecule has 1 atom stereocenters. The lowest BCUT2D eigenvalue weighted by atomic mass is 10.3. The zero-order valence-electron chi connectivity index (χ0n) is 15.1. The van der Waals surface area contributed by atoms with Crippen LogP contribution in [-0.2, 0) is 4.74 Å². The van der Waals surface area contributed by atoms with Gasteiger partial charge >= 0.3 is 5.97 Å². The normalized spacial score (nSPS) is 12.3. The largest absolute Gasteiger partial charge is 0.462 e. The number of rotatable bonds is 8. The summed E-state index contributed by atoms with van der Waals surface area (Å²) in [6.07, 6.45) is 2.18. The second-order valence-corrected chi connectivity index (χ2v) is 6.20. The van der Waals surface area contributed by atoms with Gasteiger partial charge in [-0.2, -0.15) is 0 Å². The maximum atomic E-state index is 11.9. The van der Waals surface area contributed by atoms with Gasteiger partial charge in [-0.05, 0) is 34.1 Å². The fraction of sp³-hybridized carbons (Fsp3) is 0.688. The highest BCUT2D eigenvalue weighted by Crippen LogP contribution is 2.24. The number of aryl methyl sites for hydroxylation is 1. The molecule has 0 aliphatic rings. The number of nitrogens with one attached hydrogen (secondary N) is 2. The molecule has 1 heterocycles. The van der Waals surface area contributed by atoms with Crippen LogP contribution >= 0.6 is 35.3 Å². The van der Waals surface area contributed by atoms with E-state index in [4.69, 9.17) is 4.74 Å². The predicted molar refractivity (Wildman–Crippen MR) is 111 cm³/mol. The van der Waals surface area contributed by atoms with Crippen molar-refractivity contribution < 1.29 is 9.53 Å². The highest BCUT2D eigenvalue weighted by atomic mass is 127. The van der Waals surface area contributed by atoms with Crippen molar-refractivity contribution in [1.29, 1.82) is 0 Å². The number of aromatic nitrogens is 1. The van der Waals surface area contributed by atoms with Gasteiger partial charge in [-0.25, -0.2) is 9.78 Å². The number of aliphatic imine (C=N–C) groups is 1. The van der Waals surface area contributed by atoms with Crippen molar-refractivity contribution in [2.45, 2.75) is 53.5 Å². The summed E-state index contributed by atoms with van der Waals surface area (Å²) in [6, 6.07) is -0.0266. The average Bonchev–Trinajstić information content (AvgIpc) is 2.90. The summed E-state index contributed by atoms with van der Waals surface area (Å²) in [5, 5.41) is 7.42. The first-order chi connectivity index (χ1) is 11.0. The van der Waals surface area contributed by atoms with Crippen LogP contribution in [0.2, 0.25) is 0 Å². The van der Waals surface area contributed by atoms with Crippen LogP contribution in [0.1, 0.15) is 67.0 Å². The van der Waals surface area contributed by atoms with Gasteiger partial charge in [0.25, 0.3) is 0 Å².